The van der Waals surface area contributed by atoms with Gasteiger partial charge in [-0.2, -0.15) is 0 Å². The Morgan fingerprint density at radius 2 is 1.87 bits per heavy atom. The van der Waals surface area contributed by atoms with E-state index >= 15 is 0 Å². The number of fused-ring (bicyclic) bond motifs is 1. The van der Waals surface area contributed by atoms with E-state index in [2.05, 4.69) is 23.5 Å². The number of carbonyl (C=O) groups excluding carboxylic acids is 1. The molecule has 162 valence electrons. The van der Waals surface area contributed by atoms with Crippen LogP contribution in [0.2, 0.25) is 0 Å². The third kappa shape index (κ3) is 4.84. The van der Waals surface area contributed by atoms with E-state index in [1.54, 1.807) is 12.1 Å². The molecule has 0 fully saturated rings. The second-order valence-electron chi connectivity index (χ2n) is 7.93. The van der Waals surface area contributed by atoms with E-state index in [4.69, 9.17) is 4.74 Å². The van der Waals surface area contributed by atoms with E-state index in [-0.39, 0.29) is 23.3 Å². The van der Waals surface area contributed by atoms with E-state index in [0.717, 1.165) is 18.4 Å². The molecule has 2 aromatic rings. The van der Waals surface area contributed by atoms with Gasteiger partial charge in [0.1, 0.15) is 5.75 Å². The van der Waals surface area contributed by atoms with E-state index < -0.39 is 10.0 Å². The minimum absolute atomic E-state index is 0.0779. The van der Waals surface area contributed by atoms with Crippen LogP contribution in [0, 0.1) is 0 Å². The van der Waals surface area contributed by atoms with E-state index in [9.17, 15) is 13.2 Å². The smallest absolute Gasteiger partial charge is 0.242 e. The van der Waals surface area contributed by atoms with Crippen LogP contribution in [0.25, 0.3) is 0 Å². The molecule has 0 aliphatic heterocycles. The van der Waals surface area contributed by atoms with E-state index in [1.807, 2.05) is 6.92 Å². The summed E-state index contributed by atoms with van der Waals surface area (Å²) in [6.45, 7) is 1.99. The van der Waals surface area contributed by atoms with Crippen molar-refractivity contribution in [1.29, 1.82) is 0 Å². The first-order chi connectivity index (χ1) is 14.2. The van der Waals surface area contributed by atoms with Crippen molar-refractivity contribution in [2.45, 2.75) is 50.0 Å². The second kappa shape index (κ2) is 9.18. The molecule has 0 aromatic heterocycles. The monoisotopic (exact) mass is 430 g/mol. The van der Waals surface area contributed by atoms with Crippen molar-refractivity contribution in [2.75, 3.05) is 21.2 Å². The normalized spacial score (nSPS) is 14.4. The van der Waals surface area contributed by atoms with Crippen molar-refractivity contribution in [2.24, 2.45) is 0 Å². The first-order valence-electron chi connectivity index (χ1n) is 10.2. The average molecular weight is 431 g/mol. The Morgan fingerprint density at radius 1 is 1.13 bits per heavy atom. The molecular formula is C23H30N2O4S. The zero-order valence-electron chi connectivity index (χ0n) is 18.1. The maximum Gasteiger partial charge on any atom is 0.242 e. The number of nitrogens with one attached hydrogen (secondary N) is 1. The zero-order chi connectivity index (χ0) is 21.9. The number of ether oxygens (including phenoxy) is 1. The SMILES string of the molecule is COc1ccc(S(=O)(=O)N(C)C)cc1CCC(=O)N[C@@H](C)c1ccc2c(c1)CCC2. The molecule has 0 heterocycles. The van der Waals surface area contributed by atoms with Gasteiger partial charge in [-0.05, 0) is 73.1 Å². The van der Waals surface area contributed by atoms with Crippen LogP contribution in [0.1, 0.15) is 48.1 Å². The van der Waals surface area contributed by atoms with Gasteiger partial charge in [-0.25, -0.2) is 12.7 Å². The molecule has 1 aliphatic rings. The quantitative estimate of drug-likeness (QED) is 0.698. The molecular weight excluding hydrogens is 400 g/mol. The van der Waals surface area contributed by atoms with Gasteiger partial charge < -0.3 is 10.1 Å². The molecule has 1 N–H and O–H groups in total. The molecule has 1 amide bonds. The van der Waals surface area contributed by atoms with Crippen LogP contribution in [0.5, 0.6) is 5.75 Å². The van der Waals surface area contributed by atoms with Crippen LogP contribution < -0.4 is 10.1 Å². The van der Waals surface area contributed by atoms with E-state index in [1.165, 1.54) is 49.1 Å². The highest BCUT2D eigenvalue weighted by Gasteiger charge is 2.20. The number of rotatable bonds is 8. The Kier molecular flexibility index (Phi) is 6.83. The molecule has 0 radical (unpaired) electrons. The van der Waals surface area contributed by atoms with Crippen molar-refractivity contribution in [3.8, 4) is 5.75 Å². The Bertz CT molecular complexity index is 1030. The number of sulfonamides is 1. The molecule has 0 saturated carbocycles. The number of aryl methyl sites for hydroxylation is 3. The van der Waals surface area contributed by atoms with Crippen molar-refractivity contribution >= 4 is 15.9 Å². The molecule has 0 bridgehead atoms. The summed E-state index contributed by atoms with van der Waals surface area (Å²) in [5.41, 5.74) is 4.61. The Morgan fingerprint density at radius 3 is 2.57 bits per heavy atom. The van der Waals surface area contributed by atoms with Gasteiger partial charge in [0.15, 0.2) is 0 Å². The number of nitrogens with zero attached hydrogens (tertiary/aromatic N) is 1. The number of carbonyl (C=O) groups is 1. The lowest BCUT2D eigenvalue weighted by molar-refractivity contribution is -0.121. The number of benzene rings is 2. The highest BCUT2D eigenvalue weighted by atomic mass is 32.2. The number of hydrogen-bond donors (Lipinski definition) is 1. The Labute approximate surface area is 179 Å². The highest BCUT2D eigenvalue weighted by molar-refractivity contribution is 7.89. The maximum absolute atomic E-state index is 12.5. The van der Waals surface area contributed by atoms with Crippen molar-refractivity contribution in [1.82, 2.24) is 9.62 Å². The van der Waals surface area contributed by atoms with Crippen LogP contribution in [-0.4, -0.2) is 39.8 Å². The van der Waals surface area contributed by atoms with Gasteiger partial charge in [0, 0.05) is 20.5 Å². The molecule has 30 heavy (non-hydrogen) atoms. The van der Waals surface area contributed by atoms with Crippen LogP contribution in [0.15, 0.2) is 41.3 Å². The lowest BCUT2D eigenvalue weighted by Gasteiger charge is -2.17. The summed E-state index contributed by atoms with van der Waals surface area (Å²) in [5, 5.41) is 3.05. The highest BCUT2D eigenvalue weighted by Crippen LogP contribution is 2.27. The van der Waals surface area contributed by atoms with E-state index in [0.29, 0.717) is 17.7 Å². The molecule has 1 aliphatic carbocycles. The number of amides is 1. The Balaban J connectivity index is 1.66. The summed E-state index contributed by atoms with van der Waals surface area (Å²) in [5.74, 6) is 0.498. The first-order valence-corrected chi connectivity index (χ1v) is 11.7. The molecule has 6 nitrogen and oxygen atoms in total. The van der Waals surface area contributed by atoms with Crippen molar-refractivity contribution in [3.63, 3.8) is 0 Å². The third-order valence-electron chi connectivity index (χ3n) is 5.65. The topological polar surface area (TPSA) is 75.7 Å². The lowest BCUT2D eigenvalue weighted by Crippen LogP contribution is -2.27. The maximum atomic E-state index is 12.5. The third-order valence-corrected chi connectivity index (χ3v) is 7.46. The van der Waals surface area contributed by atoms with Crippen LogP contribution in [0.3, 0.4) is 0 Å². The van der Waals surface area contributed by atoms with Gasteiger partial charge in [-0.3, -0.25) is 4.79 Å². The summed E-state index contributed by atoms with van der Waals surface area (Å²) >= 11 is 0. The zero-order valence-corrected chi connectivity index (χ0v) is 18.9. The molecule has 0 saturated heterocycles. The number of hydrogen-bond acceptors (Lipinski definition) is 4. The molecule has 0 unspecified atom stereocenters. The Hall–Kier alpha value is -2.38. The molecule has 1 atom stereocenters. The summed E-state index contributed by atoms with van der Waals surface area (Å²) in [4.78, 5) is 12.7. The van der Waals surface area contributed by atoms with Crippen LogP contribution in [0.4, 0.5) is 0 Å². The predicted molar refractivity (Wildman–Crippen MR) is 117 cm³/mol. The summed E-state index contributed by atoms with van der Waals surface area (Å²) in [7, 11) is 0.977. The number of methoxy groups -OCH3 is 1. The van der Waals surface area contributed by atoms with Gasteiger partial charge in [-0.1, -0.05) is 18.2 Å². The summed E-state index contributed by atoms with van der Waals surface area (Å²) in [6, 6.07) is 11.1. The average Bonchev–Trinajstić information content (AvgIpc) is 3.19. The van der Waals surface area contributed by atoms with Gasteiger partial charge in [0.2, 0.25) is 15.9 Å². The second-order valence-corrected chi connectivity index (χ2v) is 10.1. The van der Waals surface area contributed by atoms with Crippen LogP contribution >= 0.6 is 0 Å². The fraction of sp³-hybridized carbons (Fsp3) is 0.435. The predicted octanol–water partition coefficient (Wildman–Crippen LogP) is 3.24. The van der Waals surface area contributed by atoms with Gasteiger partial charge in [0.05, 0.1) is 18.0 Å². The molecule has 7 heteroatoms. The summed E-state index contributed by atoms with van der Waals surface area (Å²) in [6.07, 6.45) is 4.08. The van der Waals surface area contributed by atoms with Gasteiger partial charge in [0.25, 0.3) is 0 Å². The van der Waals surface area contributed by atoms with Crippen molar-refractivity contribution < 1.29 is 17.9 Å². The van der Waals surface area contributed by atoms with Gasteiger partial charge >= 0.3 is 0 Å². The lowest BCUT2D eigenvalue weighted by atomic mass is 10.0. The first kappa shape index (κ1) is 22.3. The largest absolute Gasteiger partial charge is 0.496 e. The molecule has 2 aromatic carbocycles. The fourth-order valence-corrected chi connectivity index (χ4v) is 4.78. The van der Waals surface area contributed by atoms with Crippen molar-refractivity contribution in [3.05, 3.63) is 58.7 Å². The standard InChI is InChI=1S/C23H30N2O4S/c1-16(18-9-8-17-6-5-7-19(17)14-18)24-23(26)13-10-20-15-21(11-12-22(20)29-4)30(27,28)25(2)3/h8-9,11-12,14-16H,5-7,10,13H2,1-4H3,(H,24,26)/t16-/m0/s1. The summed E-state index contributed by atoms with van der Waals surface area (Å²) < 4.78 is 31.4. The van der Waals surface area contributed by atoms with Gasteiger partial charge in [-0.15, -0.1) is 0 Å². The van der Waals surface area contributed by atoms with Crippen LogP contribution in [-0.2, 0) is 34.1 Å². The molecule has 3 rings (SSSR count). The fourth-order valence-electron chi connectivity index (χ4n) is 3.83. The molecule has 0 spiro atoms. The minimum atomic E-state index is -3.55. The minimum Gasteiger partial charge on any atom is -0.496 e.